The van der Waals surface area contributed by atoms with Crippen molar-refractivity contribution in [3.05, 3.63) is 105 Å². The van der Waals surface area contributed by atoms with Gasteiger partial charge in [0.05, 0.1) is 18.2 Å². The quantitative estimate of drug-likeness (QED) is 0.0466. The van der Waals surface area contributed by atoms with Crippen molar-refractivity contribution >= 4 is 68.9 Å². The van der Waals surface area contributed by atoms with E-state index in [0.29, 0.717) is 38.1 Å². The Morgan fingerprint density at radius 3 is 2.62 bits per heavy atom. The van der Waals surface area contributed by atoms with Gasteiger partial charge in [-0.25, -0.2) is 4.39 Å². The van der Waals surface area contributed by atoms with Crippen LogP contribution in [0.4, 0.5) is 9.52 Å². The molecular formula is C30H24Cl2FN3O4S2. The molecule has 12 heteroatoms. The van der Waals surface area contributed by atoms with E-state index in [-0.39, 0.29) is 16.3 Å². The molecule has 5 rings (SSSR count). The molecule has 1 atom stereocenters. The Kier molecular flexibility index (Phi) is 9.47. The van der Waals surface area contributed by atoms with E-state index in [4.69, 9.17) is 27.9 Å². The third kappa shape index (κ3) is 6.47. The number of aromatic nitrogens is 2. The van der Waals surface area contributed by atoms with Crippen molar-refractivity contribution in [1.29, 1.82) is 0 Å². The largest absolute Gasteiger partial charge is 0.507 e. The first-order valence-corrected chi connectivity index (χ1v) is 15.5. The summed E-state index contributed by atoms with van der Waals surface area (Å²) in [6.07, 6.45) is 1.82. The van der Waals surface area contributed by atoms with Crippen LogP contribution in [0.25, 0.3) is 5.76 Å². The van der Waals surface area contributed by atoms with Crippen molar-refractivity contribution in [3.63, 3.8) is 0 Å². The van der Waals surface area contributed by atoms with E-state index in [1.807, 2.05) is 6.07 Å². The third-order valence-corrected chi connectivity index (χ3v) is 9.16. The van der Waals surface area contributed by atoms with E-state index in [2.05, 4.69) is 17.1 Å². The monoisotopic (exact) mass is 643 g/mol. The summed E-state index contributed by atoms with van der Waals surface area (Å²) in [5.41, 5.74) is 1.43. The second-order valence-electron chi connectivity index (χ2n) is 9.33. The number of unbranched alkanes of at least 4 members (excludes halogenated alkanes) is 1. The van der Waals surface area contributed by atoms with Gasteiger partial charge in [0.1, 0.15) is 17.3 Å². The summed E-state index contributed by atoms with van der Waals surface area (Å²) in [4.78, 5) is 28.2. The standard InChI is InChI=1S/C30H24Cl2FN3O4S2/c1-2-3-13-40-22-6-4-5-18(14-22)25-24(26(37)17-8-11-21(33)12-9-17)27(38)28(39)36(25)29-34-35-30(42-29)41-16-19-7-10-20(31)15-23(19)32/h4-12,14-15,25,37H,2-3,13,16H2,1H3. The predicted octanol–water partition coefficient (Wildman–Crippen LogP) is 8.08. The molecule has 1 amide bonds. The molecule has 0 bridgehead atoms. The number of amides is 1. The smallest absolute Gasteiger partial charge is 0.301 e. The number of halogens is 3. The van der Waals surface area contributed by atoms with Gasteiger partial charge in [-0.1, -0.05) is 77.8 Å². The molecule has 1 aliphatic rings. The van der Waals surface area contributed by atoms with E-state index < -0.39 is 29.3 Å². The Bertz CT molecular complexity index is 1660. The molecule has 1 fully saturated rings. The van der Waals surface area contributed by atoms with Crippen LogP contribution in [0, 0.1) is 5.82 Å². The fraction of sp³-hybridized carbons (Fsp3) is 0.200. The lowest BCUT2D eigenvalue weighted by Crippen LogP contribution is -2.29. The van der Waals surface area contributed by atoms with Gasteiger partial charge in [0.25, 0.3) is 5.78 Å². The number of aliphatic hydroxyl groups is 1. The number of ketones is 1. The zero-order valence-electron chi connectivity index (χ0n) is 22.2. The summed E-state index contributed by atoms with van der Waals surface area (Å²) in [6.45, 7) is 2.56. The lowest BCUT2D eigenvalue weighted by molar-refractivity contribution is -0.132. The van der Waals surface area contributed by atoms with Gasteiger partial charge in [-0.2, -0.15) is 0 Å². The number of ether oxygens (including phenoxy) is 1. The molecule has 1 unspecified atom stereocenters. The molecule has 4 aromatic rings. The summed E-state index contributed by atoms with van der Waals surface area (Å²) in [5, 5.41) is 21.0. The van der Waals surface area contributed by atoms with Crippen LogP contribution < -0.4 is 9.64 Å². The zero-order chi connectivity index (χ0) is 29.8. The second kappa shape index (κ2) is 13.2. The highest BCUT2D eigenvalue weighted by Gasteiger charge is 2.48. The molecule has 1 aromatic heterocycles. The van der Waals surface area contributed by atoms with Gasteiger partial charge in [0, 0.05) is 21.4 Å². The first-order chi connectivity index (χ1) is 20.3. The Morgan fingerprint density at radius 1 is 1.10 bits per heavy atom. The Hall–Kier alpha value is -3.44. The molecule has 0 saturated carbocycles. The Balaban J connectivity index is 1.53. The van der Waals surface area contributed by atoms with Gasteiger partial charge < -0.3 is 9.84 Å². The Labute approximate surface area is 259 Å². The number of rotatable bonds is 10. The maximum atomic E-state index is 13.6. The van der Waals surface area contributed by atoms with E-state index in [1.165, 1.54) is 40.9 Å². The number of benzene rings is 3. The minimum Gasteiger partial charge on any atom is -0.507 e. The van der Waals surface area contributed by atoms with Crippen LogP contribution in [-0.4, -0.2) is 33.6 Å². The number of aliphatic hydroxyl groups excluding tert-OH is 1. The summed E-state index contributed by atoms with van der Waals surface area (Å²) in [5.74, 6) is -1.64. The van der Waals surface area contributed by atoms with Crippen molar-refractivity contribution in [3.8, 4) is 5.75 Å². The van der Waals surface area contributed by atoms with Crippen molar-refractivity contribution in [2.75, 3.05) is 11.5 Å². The van der Waals surface area contributed by atoms with Crippen LogP contribution >= 0.6 is 46.3 Å². The van der Waals surface area contributed by atoms with Crippen LogP contribution in [0.3, 0.4) is 0 Å². The van der Waals surface area contributed by atoms with Crippen LogP contribution in [0.15, 0.2) is 76.6 Å². The number of hydrogen-bond donors (Lipinski definition) is 1. The highest BCUT2D eigenvalue weighted by molar-refractivity contribution is 8.00. The summed E-state index contributed by atoms with van der Waals surface area (Å²) >= 11 is 14.8. The summed E-state index contributed by atoms with van der Waals surface area (Å²) < 4.78 is 20.0. The van der Waals surface area contributed by atoms with Gasteiger partial charge in [0.15, 0.2) is 4.34 Å². The maximum Gasteiger partial charge on any atom is 0.301 e. The average molecular weight is 645 g/mol. The predicted molar refractivity (Wildman–Crippen MR) is 164 cm³/mol. The first kappa shape index (κ1) is 30.0. The van der Waals surface area contributed by atoms with Gasteiger partial charge in [-0.15, -0.1) is 10.2 Å². The number of hydrogen-bond acceptors (Lipinski definition) is 8. The average Bonchev–Trinajstić information content (AvgIpc) is 3.55. The zero-order valence-corrected chi connectivity index (χ0v) is 25.4. The molecule has 2 heterocycles. The van der Waals surface area contributed by atoms with Crippen molar-refractivity contribution in [1.82, 2.24) is 10.2 Å². The Morgan fingerprint density at radius 2 is 1.88 bits per heavy atom. The summed E-state index contributed by atoms with van der Waals surface area (Å²) in [7, 11) is 0. The summed E-state index contributed by atoms with van der Waals surface area (Å²) in [6, 6.07) is 16.3. The lowest BCUT2D eigenvalue weighted by Gasteiger charge is -2.23. The SMILES string of the molecule is CCCCOc1cccc(C2C(=C(O)c3ccc(F)cc3)C(=O)C(=O)N2c2nnc(SCc3ccc(Cl)cc3Cl)s2)c1. The number of anilines is 1. The van der Waals surface area contributed by atoms with Gasteiger partial charge in [0.2, 0.25) is 5.13 Å². The highest BCUT2D eigenvalue weighted by Crippen LogP contribution is 2.44. The van der Waals surface area contributed by atoms with Crippen molar-refractivity contribution in [2.24, 2.45) is 0 Å². The van der Waals surface area contributed by atoms with Crippen LogP contribution in [0.2, 0.25) is 10.0 Å². The van der Waals surface area contributed by atoms with Crippen molar-refractivity contribution < 1.29 is 23.8 Å². The van der Waals surface area contributed by atoms with E-state index in [9.17, 15) is 19.1 Å². The normalized spacial score (nSPS) is 16.3. The topological polar surface area (TPSA) is 92.6 Å². The van der Waals surface area contributed by atoms with Crippen molar-refractivity contribution in [2.45, 2.75) is 35.9 Å². The molecule has 42 heavy (non-hydrogen) atoms. The second-order valence-corrected chi connectivity index (χ2v) is 12.3. The molecule has 3 aromatic carbocycles. The lowest BCUT2D eigenvalue weighted by atomic mass is 9.95. The molecular weight excluding hydrogens is 620 g/mol. The van der Waals surface area contributed by atoms with Gasteiger partial charge >= 0.3 is 5.91 Å². The maximum absolute atomic E-state index is 13.6. The molecule has 0 spiro atoms. The van der Waals surface area contributed by atoms with E-state index >= 15 is 0 Å². The van der Waals surface area contributed by atoms with E-state index in [1.54, 1.807) is 36.4 Å². The highest BCUT2D eigenvalue weighted by atomic mass is 35.5. The van der Waals surface area contributed by atoms with Gasteiger partial charge in [-0.05, 0) is 66.1 Å². The number of nitrogens with zero attached hydrogens (tertiary/aromatic N) is 3. The first-order valence-electron chi connectivity index (χ1n) is 13.0. The molecule has 7 nitrogen and oxygen atoms in total. The third-order valence-electron chi connectivity index (χ3n) is 6.47. The molecule has 1 saturated heterocycles. The molecule has 1 aliphatic heterocycles. The molecule has 0 radical (unpaired) electrons. The number of carbonyl (C=O) groups is 2. The fourth-order valence-corrected chi connectivity index (χ4v) is 6.78. The minimum atomic E-state index is -1.03. The fourth-order valence-electron chi connectivity index (χ4n) is 4.35. The van der Waals surface area contributed by atoms with E-state index in [0.717, 1.165) is 29.7 Å². The van der Waals surface area contributed by atoms with Crippen LogP contribution in [-0.2, 0) is 15.3 Å². The van der Waals surface area contributed by atoms with Crippen LogP contribution in [0.5, 0.6) is 5.75 Å². The van der Waals surface area contributed by atoms with Crippen LogP contribution in [0.1, 0.15) is 42.5 Å². The number of carbonyl (C=O) groups excluding carboxylic acids is 2. The molecule has 0 aliphatic carbocycles. The minimum absolute atomic E-state index is 0.144. The number of Topliss-reactive ketones (excluding diaryl/α,β-unsaturated/α-hetero) is 1. The number of thioether (sulfide) groups is 1. The molecule has 216 valence electrons. The molecule has 1 N–H and O–H groups in total. The van der Waals surface area contributed by atoms with Gasteiger partial charge in [-0.3, -0.25) is 14.5 Å².